The summed E-state index contributed by atoms with van der Waals surface area (Å²) in [6.45, 7) is 14.9. The monoisotopic (exact) mass is 697 g/mol. The predicted octanol–water partition coefficient (Wildman–Crippen LogP) is 0.197. The van der Waals surface area contributed by atoms with E-state index >= 15 is 0 Å². The first-order valence-corrected chi connectivity index (χ1v) is 16.7. The van der Waals surface area contributed by atoms with Gasteiger partial charge in [0.1, 0.15) is 6.29 Å². The summed E-state index contributed by atoms with van der Waals surface area (Å²) in [7, 11) is 1.76. The molecule has 0 amide bonds. The van der Waals surface area contributed by atoms with Gasteiger partial charge in [0, 0.05) is 32.1 Å². The normalized spacial score (nSPS) is 12.1. The Hall–Kier alpha value is -1.77. The van der Waals surface area contributed by atoms with E-state index < -0.39 is 0 Å². The molecular weight excluding hydrogens is 634 g/mol. The number of hydrogen-bond acceptors (Lipinski definition) is 16. The zero-order valence-electron chi connectivity index (χ0n) is 29.3. The summed E-state index contributed by atoms with van der Waals surface area (Å²) >= 11 is 0. The number of rotatable bonds is 41. The number of likely N-dealkylation sites (N-methyl/N-ethyl adjacent to an activating group) is 1. The first kappa shape index (κ1) is 46.2. The Morgan fingerprint density at radius 3 is 1.23 bits per heavy atom. The second-order valence-corrected chi connectivity index (χ2v) is 9.64. The number of hydrogen-bond donors (Lipinski definition) is 2. The molecule has 3 N–H and O–H groups in total. The summed E-state index contributed by atoms with van der Waals surface area (Å²) in [5.74, 6) is 0. The number of nitrogens with two attached hydrogens (primary N) is 1. The average Bonchev–Trinajstić information content (AvgIpc) is 3.08. The van der Waals surface area contributed by atoms with Crippen molar-refractivity contribution in [3.63, 3.8) is 0 Å². The predicted molar refractivity (Wildman–Crippen MR) is 179 cm³/mol. The van der Waals surface area contributed by atoms with Crippen LogP contribution >= 0.6 is 0 Å². The lowest BCUT2D eigenvalue weighted by Gasteiger charge is -2.15. The topological polar surface area (TPSA) is 169 Å². The minimum atomic E-state index is 0.309. The van der Waals surface area contributed by atoms with Crippen LogP contribution in [0.1, 0.15) is 6.92 Å². The van der Waals surface area contributed by atoms with Crippen LogP contribution < -0.4 is 11.1 Å². The van der Waals surface area contributed by atoms with Gasteiger partial charge in [0.25, 0.3) is 0 Å². The Balaban J connectivity index is 3.17. The molecule has 0 unspecified atom stereocenters. The molecule has 0 aromatic carbocycles. The average molecular weight is 698 g/mol. The van der Waals surface area contributed by atoms with Crippen molar-refractivity contribution in [3.8, 4) is 0 Å². The fourth-order valence-electron chi connectivity index (χ4n) is 3.31. The number of aldehydes is 1. The van der Waals surface area contributed by atoms with E-state index in [0.717, 1.165) is 0 Å². The second kappa shape index (κ2) is 41.4. The van der Waals surface area contributed by atoms with Crippen molar-refractivity contribution in [2.24, 2.45) is 5.73 Å². The summed E-state index contributed by atoms with van der Waals surface area (Å²) < 4.78 is 59.8. The van der Waals surface area contributed by atoms with Gasteiger partial charge in [-0.15, -0.1) is 0 Å². The number of carbonyl (C=O) groups is 1. The molecule has 0 spiro atoms. The van der Waals surface area contributed by atoms with E-state index in [4.69, 9.17) is 62.7 Å². The fraction of sp³-hybridized carbons (Fsp3) is 0.844. The highest BCUT2D eigenvalue weighted by atomic mass is 16.7. The van der Waals surface area contributed by atoms with Gasteiger partial charge in [-0.25, -0.2) is 0 Å². The summed E-state index contributed by atoms with van der Waals surface area (Å²) in [5, 5.41) is 4.68. The van der Waals surface area contributed by atoms with Crippen LogP contribution in [-0.4, -0.2) is 183 Å². The van der Waals surface area contributed by atoms with Crippen molar-refractivity contribution in [2.45, 2.75) is 6.92 Å². The number of allylic oxidation sites excluding steroid dienone is 1. The van der Waals surface area contributed by atoms with E-state index in [9.17, 15) is 4.79 Å². The van der Waals surface area contributed by atoms with E-state index in [1.165, 1.54) is 6.08 Å². The van der Waals surface area contributed by atoms with E-state index in [1.54, 1.807) is 24.4 Å². The molecule has 0 aliphatic carbocycles. The van der Waals surface area contributed by atoms with E-state index in [0.29, 0.717) is 177 Å². The molecule has 0 radical (unpaired) electrons. The molecule has 0 aromatic heterocycles. The van der Waals surface area contributed by atoms with Crippen LogP contribution in [0.25, 0.3) is 0 Å². The Kier molecular flexibility index (Phi) is 39.9. The lowest BCUT2D eigenvalue weighted by molar-refractivity contribution is -0.121. The fourth-order valence-corrected chi connectivity index (χ4v) is 3.31. The van der Waals surface area contributed by atoms with Crippen LogP contribution in [0.2, 0.25) is 0 Å². The Morgan fingerprint density at radius 1 is 0.562 bits per heavy atom. The molecule has 0 saturated carbocycles. The first-order chi connectivity index (χ1) is 23.7. The zero-order chi connectivity index (χ0) is 34.9. The number of nitrogens with zero attached hydrogens (tertiary/aromatic N) is 1. The SMILES string of the molecule is CCOCCOCCOCCOCCOCCOCCOCCOCCOCCOCCOCCN/C=C(\N)CN(C)OC/C=C\C=O. The summed E-state index contributed by atoms with van der Waals surface area (Å²) in [6.07, 6.45) is 5.42. The molecule has 0 atom stereocenters. The van der Waals surface area contributed by atoms with Gasteiger partial charge in [-0.3, -0.25) is 9.63 Å². The van der Waals surface area contributed by atoms with Crippen LogP contribution in [0.3, 0.4) is 0 Å². The Labute approximate surface area is 287 Å². The third-order valence-electron chi connectivity index (χ3n) is 5.61. The van der Waals surface area contributed by atoms with Gasteiger partial charge in [-0.1, -0.05) is 6.08 Å². The van der Waals surface area contributed by atoms with Gasteiger partial charge in [-0.05, 0) is 13.0 Å². The van der Waals surface area contributed by atoms with Gasteiger partial charge >= 0.3 is 0 Å². The summed E-state index contributed by atoms with van der Waals surface area (Å²) in [5.41, 5.74) is 6.54. The third-order valence-corrected chi connectivity index (χ3v) is 5.61. The standard InChI is InChI=1S/C32H63N3O13/c1-3-37-10-11-39-14-15-41-18-19-43-22-23-45-26-27-47-29-28-46-25-24-44-21-20-42-17-16-40-13-12-38-9-6-34-30-32(33)31-35(2)48-8-5-4-7-36/h4-5,7,30,34H,3,6,8-29,31,33H2,1-2H3/b5-4-,32-30-. The van der Waals surface area contributed by atoms with Gasteiger partial charge in [0.2, 0.25) is 0 Å². The molecule has 48 heavy (non-hydrogen) atoms. The molecule has 0 aliphatic rings. The molecule has 16 nitrogen and oxygen atoms in total. The second-order valence-electron chi connectivity index (χ2n) is 9.64. The minimum absolute atomic E-state index is 0.309. The number of nitrogens with one attached hydrogen (secondary N) is 1. The molecule has 0 aromatic rings. The van der Waals surface area contributed by atoms with E-state index in [2.05, 4.69) is 5.32 Å². The van der Waals surface area contributed by atoms with E-state index in [1.807, 2.05) is 6.92 Å². The van der Waals surface area contributed by atoms with Crippen molar-refractivity contribution in [3.05, 3.63) is 24.0 Å². The van der Waals surface area contributed by atoms with Crippen LogP contribution in [0.15, 0.2) is 24.0 Å². The smallest absolute Gasteiger partial charge is 0.142 e. The Morgan fingerprint density at radius 2 is 0.896 bits per heavy atom. The lowest BCUT2D eigenvalue weighted by Crippen LogP contribution is -2.26. The van der Waals surface area contributed by atoms with Gasteiger partial charge in [-0.2, -0.15) is 5.06 Å². The molecule has 16 heteroatoms. The lowest BCUT2D eigenvalue weighted by atomic mass is 10.4. The van der Waals surface area contributed by atoms with Gasteiger partial charge in [0.05, 0.1) is 152 Å². The highest BCUT2D eigenvalue weighted by Crippen LogP contribution is 1.91. The molecular formula is C32H63N3O13. The number of ether oxygens (including phenoxy) is 11. The van der Waals surface area contributed by atoms with Crippen molar-refractivity contribution < 1.29 is 61.7 Å². The van der Waals surface area contributed by atoms with Crippen molar-refractivity contribution in [1.29, 1.82) is 0 Å². The maximum absolute atomic E-state index is 10.2. The zero-order valence-corrected chi connectivity index (χ0v) is 29.3. The molecule has 0 saturated heterocycles. The number of hydroxylamine groups is 2. The van der Waals surface area contributed by atoms with Crippen LogP contribution in [0, 0.1) is 0 Å². The molecule has 284 valence electrons. The van der Waals surface area contributed by atoms with Crippen molar-refractivity contribution in [2.75, 3.05) is 172 Å². The molecule has 0 aliphatic heterocycles. The maximum Gasteiger partial charge on any atom is 0.142 e. The summed E-state index contributed by atoms with van der Waals surface area (Å²) in [4.78, 5) is 15.6. The van der Waals surface area contributed by atoms with Crippen LogP contribution in [0.5, 0.6) is 0 Å². The molecule has 0 fully saturated rings. The van der Waals surface area contributed by atoms with Crippen LogP contribution in [-0.2, 0) is 61.7 Å². The Bertz CT molecular complexity index is 708. The maximum atomic E-state index is 10.2. The van der Waals surface area contributed by atoms with Gasteiger partial charge in [0.15, 0.2) is 0 Å². The largest absolute Gasteiger partial charge is 0.400 e. The highest BCUT2D eigenvalue weighted by Gasteiger charge is 2.00. The van der Waals surface area contributed by atoms with E-state index in [-0.39, 0.29) is 0 Å². The summed E-state index contributed by atoms with van der Waals surface area (Å²) in [6, 6.07) is 0. The molecule has 0 rings (SSSR count). The first-order valence-electron chi connectivity index (χ1n) is 16.7. The number of carbonyl (C=O) groups excluding carboxylic acids is 1. The van der Waals surface area contributed by atoms with Crippen molar-refractivity contribution >= 4 is 6.29 Å². The highest BCUT2D eigenvalue weighted by molar-refractivity contribution is 5.64. The van der Waals surface area contributed by atoms with Crippen LogP contribution in [0.4, 0.5) is 0 Å². The van der Waals surface area contributed by atoms with Crippen molar-refractivity contribution in [1.82, 2.24) is 10.4 Å². The minimum Gasteiger partial charge on any atom is -0.400 e. The molecule has 0 heterocycles. The molecule has 0 bridgehead atoms. The quantitative estimate of drug-likeness (QED) is 0.0384. The third kappa shape index (κ3) is 40.4. The van der Waals surface area contributed by atoms with Gasteiger partial charge < -0.3 is 63.2 Å².